The van der Waals surface area contributed by atoms with E-state index in [-0.39, 0.29) is 0 Å². The second-order valence-electron chi connectivity index (χ2n) is 5.13. The molecule has 1 aromatic heterocycles. The summed E-state index contributed by atoms with van der Waals surface area (Å²) in [6, 6.07) is 6.11. The van der Waals surface area contributed by atoms with E-state index in [9.17, 15) is 0 Å². The molecule has 0 bridgehead atoms. The van der Waals surface area contributed by atoms with Crippen molar-refractivity contribution in [1.29, 1.82) is 0 Å². The summed E-state index contributed by atoms with van der Waals surface area (Å²) in [6.45, 7) is 4.99. The topological polar surface area (TPSA) is 28.6 Å². The molecular weight excluding hydrogens is 226 g/mol. The molecule has 4 heteroatoms. The number of hydrogen-bond acceptors (Lipinski definition) is 4. The fraction of sp³-hybridized carbons (Fsp3) is 0.643. The second-order valence-corrected chi connectivity index (χ2v) is 5.13. The SMILES string of the molecule is CN(C)C[C@H]1CN(CCc2ccccn2)CCO1. The maximum atomic E-state index is 5.77. The minimum Gasteiger partial charge on any atom is -0.374 e. The fourth-order valence-corrected chi connectivity index (χ4v) is 2.32. The van der Waals surface area contributed by atoms with Gasteiger partial charge in [0.25, 0.3) is 0 Å². The van der Waals surface area contributed by atoms with Gasteiger partial charge in [0.05, 0.1) is 12.7 Å². The molecule has 1 fully saturated rings. The standard InChI is InChI=1S/C14H23N3O/c1-16(2)11-14-12-17(9-10-18-14)8-6-13-5-3-4-7-15-13/h3-5,7,14H,6,8-12H2,1-2H3/t14-/m0/s1. The number of ether oxygens (including phenoxy) is 1. The first-order valence-electron chi connectivity index (χ1n) is 6.62. The van der Waals surface area contributed by atoms with Crippen LogP contribution in [0.4, 0.5) is 0 Å². The van der Waals surface area contributed by atoms with Crippen LogP contribution >= 0.6 is 0 Å². The predicted octanol–water partition coefficient (Wildman–Crippen LogP) is 0.886. The average molecular weight is 249 g/mol. The first-order valence-corrected chi connectivity index (χ1v) is 6.62. The Hall–Kier alpha value is -0.970. The fourth-order valence-electron chi connectivity index (χ4n) is 2.32. The van der Waals surface area contributed by atoms with Crippen LogP contribution in [-0.4, -0.2) is 67.8 Å². The van der Waals surface area contributed by atoms with Gasteiger partial charge in [-0.3, -0.25) is 9.88 Å². The molecule has 0 aromatic carbocycles. The largest absolute Gasteiger partial charge is 0.374 e. The normalized spacial score (nSPS) is 21.4. The van der Waals surface area contributed by atoms with Gasteiger partial charge in [0.2, 0.25) is 0 Å². The average Bonchev–Trinajstić information content (AvgIpc) is 2.37. The van der Waals surface area contributed by atoms with Gasteiger partial charge in [-0.05, 0) is 26.2 Å². The van der Waals surface area contributed by atoms with E-state index in [1.807, 2.05) is 12.3 Å². The summed E-state index contributed by atoms with van der Waals surface area (Å²) in [5, 5.41) is 0. The van der Waals surface area contributed by atoms with E-state index in [4.69, 9.17) is 4.74 Å². The molecule has 1 aliphatic heterocycles. The summed E-state index contributed by atoms with van der Waals surface area (Å²) >= 11 is 0. The van der Waals surface area contributed by atoms with E-state index in [1.54, 1.807) is 0 Å². The highest BCUT2D eigenvalue weighted by Gasteiger charge is 2.20. The van der Waals surface area contributed by atoms with Crippen LogP contribution in [0.3, 0.4) is 0 Å². The molecule has 0 unspecified atom stereocenters. The van der Waals surface area contributed by atoms with Crippen LogP contribution in [0.15, 0.2) is 24.4 Å². The van der Waals surface area contributed by atoms with E-state index in [0.717, 1.165) is 39.2 Å². The lowest BCUT2D eigenvalue weighted by molar-refractivity contribution is -0.0376. The molecule has 2 rings (SSSR count). The molecule has 0 amide bonds. The van der Waals surface area contributed by atoms with Crippen LogP contribution in [0.5, 0.6) is 0 Å². The maximum Gasteiger partial charge on any atom is 0.0829 e. The van der Waals surface area contributed by atoms with Crippen molar-refractivity contribution in [1.82, 2.24) is 14.8 Å². The highest BCUT2D eigenvalue weighted by molar-refractivity contribution is 5.03. The molecule has 100 valence electrons. The number of likely N-dealkylation sites (N-methyl/N-ethyl adjacent to an activating group) is 1. The molecule has 1 atom stereocenters. The van der Waals surface area contributed by atoms with E-state index in [0.29, 0.717) is 6.10 Å². The van der Waals surface area contributed by atoms with Crippen molar-refractivity contribution in [2.75, 3.05) is 46.9 Å². The molecule has 2 heterocycles. The summed E-state index contributed by atoms with van der Waals surface area (Å²) < 4.78 is 5.77. The lowest BCUT2D eigenvalue weighted by Crippen LogP contribution is -2.46. The van der Waals surface area contributed by atoms with Crippen molar-refractivity contribution in [3.05, 3.63) is 30.1 Å². The molecule has 0 aliphatic carbocycles. The number of nitrogens with zero attached hydrogens (tertiary/aromatic N) is 3. The minimum absolute atomic E-state index is 0.345. The van der Waals surface area contributed by atoms with Crippen LogP contribution in [0.2, 0.25) is 0 Å². The van der Waals surface area contributed by atoms with Gasteiger partial charge in [-0.2, -0.15) is 0 Å². The quantitative estimate of drug-likeness (QED) is 0.775. The van der Waals surface area contributed by atoms with Crippen molar-refractivity contribution < 1.29 is 4.74 Å². The van der Waals surface area contributed by atoms with Gasteiger partial charge >= 0.3 is 0 Å². The summed E-state index contributed by atoms with van der Waals surface area (Å²) in [5.74, 6) is 0. The van der Waals surface area contributed by atoms with Crippen LogP contribution < -0.4 is 0 Å². The van der Waals surface area contributed by atoms with Gasteiger partial charge in [0.1, 0.15) is 0 Å². The monoisotopic (exact) mass is 249 g/mol. The number of aromatic nitrogens is 1. The van der Waals surface area contributed by atoms with Crippen molar-refractivity contribution in [2.45, 2.75) is 12.5 Å². The smallest absolute Gasteiger partial charge is 0.0829 e. The van der Waals surface area contributed by atoms with Gasteiger partial charge in [-0.25, -0.2) is 0 Å². The number of rotatable bonds is 5. The van der Waals surface area contributed by atoms with Gasteiger partial charge in [0.15, 0.2) is 0 Å². The third kappa shape index (κ3) is 4.37. The van der Waals surface area contributed by atoms with Crippen molar-refractivity contribution in [3.8, 4) is 0 Å². The molecule has 0 N–H and O–H groups in total. The number of hydrogen-bond donors (Lipinski definition) is 0. The van der Waals surface area contributed by atoms with Crippen molar-refractivity contribution in [3.63, 3.8) is 0 Å². The third-order valence-electron chi connectivity index (χ3n) is 3.20. The highest BCUT2D eigenvalue weighted by Crippen LogP contribution is 2.07. The molecule has 1 aliphatic rings. The third-order valence-corrected chi connectivity index (χ3v) is 3.20. The zero-order valence-electron chi connectivity index (χ0n) is 11.4. The Labute approximate surface area is 110 Å². The van der Waals surface area contributed by atoms with Crippen molar-refractivity contribution >= 4 is 0 Å². The molecule has 4 nitrogen and oxygen atoms in total. The van der Waals surface area contributed by atoms with Gasteiger partial charge in [0, 0.05) is 44.5 Å². The molecular formula is C14H23N3O. The zero-order chi connectivity index (χ0) is 12.8. The Morgan fingerprint density at radius 2 is 2.33 bits per heavy atom. The van der Waals surface area contributed by atoms with E-state index in [2.05, 4.69) is 41.0 Å². The molecule has 0 saturated carbocycles. The Balaban J connectivity index is 1.76. The highest BCUT2D eigenvalue weighted by atomic mass is 16.5. The Kier molecular flexibility index (Phi) is 5.11. The van der Waals surface area contributed by atoms with Crippen LogP contribution in [0.1, 0.15) is 5.69 Å². The molecule has 1 saturated heterocycles. The van der Waals surface area contributed by atoms with Gasteiger partial charge < -0.3 is 9.64 Å². The molecule has 0 spiro atoms. The summed E-state index contributed by atoms with van der Waals surface area (Å²) in [6.07, 6.45) is 3.23. The van der Waals surface area contributed by atoms with Crippen molar-refractivity contribution in [2.24, 2.45) is 0 Å². The Morgan fingerprint density at radius 3 is 3.06 bits per heavy atom. The summed E-state index contributed by atoms with van der Waals surface area (Å²) in [4.78, 5) is 9.03. The lowest BCUT2D eigenvalue weighted by Gasteiger charge is -2.34. The first-order chi connectivity index (χ1) is 8.74. The predicted molar refractivity (Wildman–Crippen MR) is 72.7 cm³/mol. The van der Waals surface area contributed by atoms with E-state index in [1.165, 1.54) is 5.69 Å². The van der Waals surface area contributed by atoms with E-state index < -0.39 is 0 Å². The van der Waals surface area contributed by atoms with E-state index >= 15 is 0 Å². The van der Waals surface area contributed by atoms with Crippen LogP contribution in [0.25, 0.3) is 0 Å². The zero-order valence-corrected chi connectivity index (χ0v) is 11.4. The summed E-state index contributed by atoms with van der Waals surface area (Å²) in [5.41, 5.74) is 1.17. The summed E-state index contributed by atoms with van der Waals surface area (Å²) in [7, 11) is 4.19. The van der Waals surface area contributed by atoms with Gasteiger partial charge in [-0.1, -0.05) is 6.07 Å². The Morgan fingerprint density at radius 1 is 1.44 bits per heavy atom. The molecule has 1 aromatic rings. The number of pyridine rings is 1. The molecule has 18 heavy (non-hydrogen) atoms. The number of morpholine rings is 1. The Bertz CT molecular complexity index is 342. The van der Waals surface area contributed by atoms with Crippen LogP contribution in [0, 0.1) is 0 Å². The second kappa shape index (κ2) is 6.83. The molecule has 0 radical (unpaired) electrons. The minimum atomic E-state index is 0.345. The maximum absolute atomic E-state index is 5.77. The lowest BCUT2D eigenvalue weighted by atomic mass is 10.2. The van der Waals surface area contributed by atoms with Crippen LogP contribution in [-0.2, 0) is 11.2 Å². The van der Waals surface area contributed by atoms with Gasteiger partial charge in [-0.15, -0.1) is 0 Å². The first kappa shape index (κ1) is 13.5.